The van der Waals surface area contributed by atoms with Crippen LogP contribution in [0.25, 0.3) is 0 Å². The van der Waals surface area contributed by atoms with Gasteiger partial charge in [-0.15, -0.1) is 0 Å². The fourth-order valence-electron chi connectivity index (χ4n) is 4.45. The highest BCUT2D eigenvalue weighted by Gasteiger charge is 2.29. The molecule has 0 radical (unpaired) electrons. The van der Waals surface area contributed by atoms with Crippen LogP contribution >= 0.6 is 0 Å². The minimum atomic E-state index is -0.347. The molecule has 7 heteroatoms. The van der Waals surface area contributed by atoms with Gasteiger partial charge >= 0.3 is 0 Å². The van der Waals surface area contributed by atoms with Crippen LogP contribution in [0, 0.1) is 12.7 Å². The molecule has 0 aliphatic heterocycles. The molecule has 1 aliphatic carbocycles. The molecule has 184 valence electrons. The number of carbonyl (C=O) groups excluding carboxylic acids is 1. The van der Waals surface area contributed by atoms with Crippen LogP contribution in [0.2, 0.25) is 0 Å². The zero-order chi connectivity index (χ0) is 25.1. The van der Waals surface area contributed by atoms with Gasteiger partial charge in [0.25, 0.3) is 5.91 Å². The van der Waals surface area contributed by atoms with E-state index in [1.54, 1.807) is 23.2 Å². The van der Waals surface area contributed by atoms with Crippen molar-refractivity contribution in [3.05, 3.63) is 108 Å². The van der Waals surface area contributed by atoms with Crippen LogP contribution in [-0.2, 0) is 13.1 Å². The molecule has 0 spiro atoms. The molecule has 36 heavy (non-hydrogen) atoms. The number of benzene rings is 2. The molecule has 5 rings (SSSR count). The Balaban J connectivity index is 1.40. The van der Waals surface area contributed by atoms with Crippen LogP contribution in [0.4, 0.5) is 15.9 Å². The maximum absolute atomic E-state index is 13.7. The Morgan fingerprint density at radius 3 is 2.42 bits per heavy atom. The highest BCUT2D eigenvalue weighted by Crippen LogP contribution is 2.30. The summed E-state index contributed by atoms with van der Waals surface area (Å²) in [5.41, 5.74) is 2.98. The lowest BCUT2D eigenvalue weighted by atomic mass is 10.2. The molecule has 2 aromatic carbocycles. The van der Waals surface area contributed by atoms with Crippen LogP contribution in [0.5, 0.6) is 0 Å². The SMILES string of the molecule is CCN(c1ccc(CN(C(=O)c2cn(Cc3ccccc3)c(C)n2)c2ccc(F)cc2)cn1)C1CC1. The molecule has 6 nitrogen and oxygen atoms in total. The van der Waals surface area contributed by atoms with E-state index in [1.165, 1.54) is 25.0 Å². The Morgan fingerprint density at radius 2 is 1.78 bits per heavy atom. The van der Waals surface area contributed by atoms with E-state index in [0.29, 0.717) is 30.5 Å². The minimum absolute atomic E-state index is 0.242. The molecule has 0 unspecified atom stereocenters. The van der Waals surface area contributed by atoms with Crippen molar-refractivity contribution in [2.24, 2.45) is 0 Å². The highest BCUT2D eigenvalue weighted by molar-refractivity contribution is 6.04. The monoisotopic (exact) mass is 483 g/mol. The maximum Gasteiger partial charge on any atom is 0.278 e. The Morgan fingerprint density at radius 1 is 1.03 bits per heavy atom. The van der Waals surface area contributed by atoms with Gasteiger partial charge < -0.3 is 14.4 Å². The number of rotatable bonds is 9. The second-order valence-corrected chi connectivity index (χ2v) is 9.20. The maximum atomic E-state index is 13.7. The zero-order valence-corrected chi connectivity index (χ0v) is 20.6. The summed E-state index contributed by atoms with van der Waals surface area (Å²) in [6.07, 6.45) is 6.03. The third-order valence-electron chi connectivity index (χ3n) is 6.55. The molecule has 2 heterocycles. The summed E-state index contributed by atoms with van der Waals surface area (Å²) < 4.78 is 15.6. The van der Waals surface area contributed by atoms with Gasteiger partial charge in [-0.1, -0.05) is 36.4 Å². The average molecular weight is 484 g/mol. The van der Waals surface area contributed by atoms with Gasteiger partial charge in [0.1, 0.15) is 23.2 Å². The first kappa shape index (κ1) is 23.7. The van der Waals surface area contributed by atoms with Crippen molar-refractivity contribution in [1.29, 1.82) is 0 Å². The number of anilines is 2. The Hall–Kier alpha value is -4.00. The number of carbonyl (C=O) groups is 1. The van der Waals surface area contributed by atoms with Crippen molar-refractivity contribution in [2.45, 2.75) is 45.8 Å². The summed E-state index contributed by atoms with van der Waals surface area (Å²) in [5.74, 6) is 1.12. The topological polar surface area (TPSA) is 54.3 Å². The standard InChI is InChI=1S/C29H30FN5O/c1-3-34(25-14-15-25)28-16-9-23(17-31-28)19-35(26-12-10-24(30)11-13-26)29(36)27-20-33(21(2)32-27)18-22-7-5-4-6-8-22/h4-13,16-17,20,25H,3,14-15,18-19H2,1-2H3. The number of hydrogen-bond donors (Lipinski definition) is 0. The van der Waals surface area contributed by atoms with E-state index in [9.17, 15) is 9.18 Å². The summed E-state index contributed by atoms with van der Waals surface area (Å²) in [7, 11) is 0. The molecule has 1 amide bonds. The molecule has 1 saturated carbocycles. The summed E-state index contributed by atoms with van der Waals surface area (Å²) in [5, 5.41) is 0. The van der Waals surface area contributed by atoms with Crippen LogP contribution in [0.3, 0.4) is 0 Å². The van der Waals surface area contributed by atoms with Gasteiger partial charge in [0.05, 0.1) is 6.54 Å². The minimum Gasteiger partial charge on any atom is -0.354 e. The molecular formula is C29H30FN5O. The zero-order valence-electron chi connectivity index (χ0n) is 20.6. The van der Waals surface area contributed by atoms with Crippen molar-refractivity contribution >= 4 is 17.4 Å². The van der Waals surface area contributed by atoms with Crippen LogP contribution in [-0.4, -0.2) is 33.0 Å². The number of nitrogens with zero attached hydrogens (tertiary/aromatic N) is 5. The van der Waals surface area contributed by atoms with Crippen LogP contribution in [0.1, 0.15) is 47.2 Å². The van der Waals surface area contributed by atoms with Gasteiger partial charge in [-0.2, -0.15) is 0 Å². The lowest BCUT2D eigenvalue weighted by Gasteiger charge is -2.24. The van der Waals surface area contributed by atoms with E-state index >= 15 is 0 Å². The summed E-state index contributed by atoms with van der Waals surface area (Å²) in [6, 6.07) is 20.6. The normalized spacial score (nSPS) is 13.0. The molecule has 1 fully saturated rings. The van der Waals surface area contributed by atoms with Gasteiger partial charge in [0.2, 0.25) is 0 Å². The van der Waals surface area contributed by atoms with E-state index in [2.05, 4.69) is 21.8 Å². The van der Waals surface area contributed by atoms with Crippen molar-refractivity contribution in [2.75, 3.05) is 16.3 Å². The second kappa shape index (κ2) is 10.3. The third-order valence-corrected chi connectivity index (χ3v) is 6.55. The fraction of sp³-hybridized carbons (Fsp3) is 0.276. The number of imidazole rings is 1. The van der Waals surface area contributed by atoms with E-state index in [4.69, 9.17) is 0 Å². The quantitative estimate of drug-likeness (QED) is 0.311. The predicted octanol–water partition coefficient (Wildman–Crippen LogP) is 5.61. The van der Waals surface area contributed by atoms with Gasteiger partial charge in [0.15, 0.2) is 0 Å². The van der Waals surface area contributed by atoms with Crippen LogP contribution < -0.4 is 9.80 Å². The first-order valence-electron chi connectivity index (χ1n) is 12.4. The fourth-order valence-corrected chi connectivity index (χ4v) is 4.45. The predicted molar refractivity (Wildman–Crippen MR) is 140 cm³/mol. The number of aryl methyl sites for hydroxylation is 1. The van der Waals surface area contributed by atoms with E-state index in [0.717, 1.165) is 29.3 Å². The van der Waals surface area contributed by atoms with E-state index in [-0.39, 0.29) is 11.7 Å². The summed E-state index contributed by atoms with van der Waals surface area (Å²) in [6.45, 7) is 5.88. The molecule has 0 saturated heterocycles. The molecule has 2 aromatic heterocycles. The van der Waals surface area contributed by atoms with Crippen molar-refractivity contribution in [1.82, 2.24) is 14.5 Å². The lowest BCUT2D eigenvalue weighted by Crippen LogP contribution is -2.31. The molecule has 0 atom stereocenters. The highest BCUT2D eigenvalue weighted by atomic mass is 19.1. The van der Waals surface area contributed by atoms with Gasteiger partial charge in [-0.3, -0.25) is 4.79 Å². The Labute approximate surface area is 211 Å². The second-order valence-electron chi connectivity index (χ2n) is 9.20. The Bertz CT molecular complexity index is 1310. The number of pyridine rings is 1. The van der Waals surface area contributed by atoms with Gasteiger partial charge in [-0.25, -0.2) is 14.4 Å². The van der Waals surface area contributed by atoms with Crippen molar-refractivity contribution in [3.63, 3.8) is 0 Å². The molecule has 0 N–H and O–H groups in total. The summed E-state index contributed by atoms with van der Waals surface area (Å²) >= 11 is 0. The van der Waals surface area contributed by atoms with E-state index in [1.807, 2.05) is 60.2 Å². The van der Waals surface area contributed by atoms with Gasteiger partial charge in [0, 0.05) is 37.2 Å². The molecule has 0 bridgehead atoms. The number of hydrogen-bond acceptors (Lipinski definition) is 4. The lowest BCUT2D eigenvalue weighted by molar-refractivity contribution is 0.0980. The van der Waals surface area contributed by atoms with Crippen LogP contribution in [0.15, 0.2) is 79.1 Å². The van der Waals surface area contributed by atoms with Crippen molar-refractivity contribution in [3.8, 4) is 0 Å². The third kappa shape index (κ3) is 5.30. The first-order valence-corrected chi connectivity index (χ1v) is 12.4. The Kier molecular flexibility index (Phi) is 6.80. The number of amides is 1. The molecule has 1 aliphatic rings. The van der Waals surface area contributed by atoms with Gasteiger partial charge in [-0.05, 0) is 68.1 Å². The molecule has 4 aromatic rings. The molecular weight excluding hydrogens is 453 g/mol. The van der Waals surface area contributed by atoms with Crippen molar-refractivity contribution < 1.29 is 9.18 Å². The number of halogens is 1. The first-order chi connectivity index (χ1) is 17.5. The summed E-state index contributed by atoms with van der Waals surface area (Å²) in [4.78, 5) is 26.9. The van der Waals surface area contributed by atoms with E-state index < -0.39 is 0 Å². The average Bonchev–Trinajstić information content (AvgIpc) is 3.67. The number of aromatic nitrogens is 3. The smallest absolute Gasteiger partial charge is 0.278 e. The largest absolute Gasteiger partial charge is 0.354 e.